The molecular formula is C15H16N4O. The fraction of sp³-hybridized carbons (Fsp3) is 0.200. The van der Waals surface area contributed by atoms with Crippen molar-refractivity contribution in [2.75, 3.05) is 7.11 Å². The summed E-state index contributed by atoms with van der Waals surface area (Å²) in [5, 5.41) is 4.49. The van der Waals surface area contributed by atoms with Crippen LogP contribution in [0.1, 0.15) is 17.0 Å². The molecule has 3 rings (SSSR count). The predicted molar refractivity (Wildman–Crippen MR) is 76.7 cm³/mol. The number of para-hydroxylation sites is 1. The van der Waals surface area contributed by atoms with E-state index in [1.807, 2.05) is 42.6 Å². The van der Waals surface area contributed by atoms with E-state index in [-0.39, 0.29) is 0 Å². The lowest BCUT2D eigenvalue weighted by atomic mass is 10.1. The normalized spacial score (nSPS) is 10.9. The molecule has 0 saturated carbocycles. The topological polar surface area (TPSA) is 65.4 Å². The van der Waals surface area contributed by atoms with Gasteiger partial charge in [0, 0.05) is 24.7 Å². The Labute approximate surface area is 117 Å². The summed E-state index contributed by atoms with van der Waals surface area (Å²) in [5.41, 5.74) is 8.56. The summed E-state index contributed by atoms with van der Waals surface area (Å²) < 4.78 is 7.12. The summed E-state index contributed by atoms with van der Waals surface area (Å²) in [6.45, 7) is 0.498. The first-order chi connectivity index (χ1) is 9.80. The molecule has 0 fully saturated rings. The van der Waals surface area contributed by atoms with Crippen molar-refractivity contribution < 1.29 is 4.74 Å². The van der Waals surface area contributed by atoms with Crippen LogP contribution in [-0.4, -0.2) is 21.7 Å². The summed E-state index contributed by atoms with van der Waals surface area (Å²) in [4.78, 5) is 4.51. The zero-order valence-electron chi connectivity index (χ0n) is 11.3. The molecule has 0 atom stereocenters. The van der Waals surface area contributed by atoms with Crippen molar-refractivity contribution in [2.45, 2.75) is 13.0 Å². The van der Waals surface area contributed by atoms with Crippen molar-refractivity contribution in [1.29, 1.82) is 0 Å². The molecule has 20 heavy (non-hydrogen) atoms. The van der Waals surface area contributed by atoms with Crippen LogP contribution < -0.4 is 10.5 Å². The number of hydrogen-bond donors (Lipinski definition) is 1. The highest BCUT2D eigenvalue weighted by Gasteiger charge is 2.08. The predicted octanol–water partition coefficient (Wildman–Crippen LogP) is 1.79. The van der Waals surface area contributed by atoms with Crippen LogP contribution in [0.25, 0.3) is 5.65 Å². The van der Waals surface area contributed by atoms with Crippen molar-refractivity contribution in [1.82, 2.24) is 14.6 Å². The van der Waals surface area contributed by atoms with Crippen LogP contribution in [0.15, 0.2) is 42.6 Å². The molecule has 0 saturated heterocycles. The number of pyridine rings is 1. The first-order valence-electron chi connectivity index (χ1n) is 6.46. The van der Waals surface area contributed by atoms with Gasteiger partial charge in [-0.25, -0.2) is 9.50 Å². The molecule has 0 amide bonds. The van der Waals surface area contributed by atoms with Gasteiger partial charge in [0.2, 0.25) is 0 Å². The van der Waals surface area contributed by atoms with E-state index in [2.05, 4.69) is 10.1 Å². The van der Waals surface area contributed by atoms with E-state index < -0.39 is 0 Å². The summed E-state index contributed by atoms with van der Waals surface area (Å²) >= 11 is 0. The van der Waals surface area contributed by atoms with Crippen LogP contribution in [0.5, 0.6) is 5.75 Å². The van der Waals surface area contributed by atoms with Crippen LogP contribution >= 0.6 is 0 Å². The van der Waals surface area contributed by atoms with Crippen LogP contribution in [0.3, 0.4) is 0 Å². The highest BCUT2D eigenvalue weighted by atomic mass is 16.5. The number of nitrogens with zero attached hydrogens (tertiary/aromatic N) is 3. The molecule has 2 heterocycles. The van der Waals surface area contributed by atoms with E-state index in [9.17, 15) is 0 Å². The zero-order valence-corrected chi connectivity index (χ0v) is 11.3. The van der Waals surface area contributed by atoms with E-state index in [1.165, 1.54) is 0 Å². The highest BCUT2D eigenvalue weighted by molar-refractivity contribution is 5.40. The molecule has 0 unspecified atom stereocenters. The quantitative estimate of drug-likeness (QED) is 0.783. The van der Waals surface area contributed by atoms with Gasteiger partial charge in [-0.15, -0.1) is 0 Å². The van der Waals surface area contributed by atoms with Crippen molar-refractivity contribution >= 4 is 5.65 Å². The summed E-state index contributed by atoms with van der Waals surface area (Å²) in [6, 6.07) is 11.8. The monoisotopic (exact) mass is 268 g/mol. The molecule has 0 radical (unpaired) electrons. The van der Waals surface area contributed by atoms with Crippen LogP contribution in [0.2, 0.25) is 0 Å². The minimum Gasteiger partial charge on any atom is -0.496 e. The maximum atomic E-state index is 5.63. The molecule has 2 N–H and O–H groups in total. The van der Waals surface area contributed by atoms with Gasteiger partial charge in [-0.05, 0) is 17.7 Å². The summed E-state index contributed by atoms with van der Waals surface area (Å²) in [6.07, 6.45) is 2.55. The lowest BCUT2D eigenvalue weighted by Gasteiger charge is -2.05. The average Bonchev–Trinajstić information content (AvgIpc) is 2.89. The Morgan fingerprint density at radius 3 is 2.85 bits per heavy atom. The molecule has 5 nitrogen and oxygen atoms in total. The minimum absolute atomic E-state index is 0.498. The third kappa shape index (κ3) is 2.35. The first kappa shape index (κ1) is 12.6. The second-order valence-electron chi connectivity index (χ2n) is 4.56. The van der Waals surface area contributed by atoms with Crippen molar-refractivity contribution in [2.24, 2.45) is 5.73 Å². The molecular weight excluding hydrogens is 252 g/mol. The number of rotatable bonds is 4. The molecule has 102 valence electrons. The Bertz CT molecular complexity index is 736. The van der Waals surface area contributed by atoms with Gasteiger partial charge in [0.25, 0.3) is 0 Å². The first-order valence-corrected chi connectivity index (χ1v) is 6.46. The number of aromatic nitrogens is 3. The second kappa shape index (κ2) is 5.30. The number of hydrogen-bond acceptors (Lipinski definition) is 4. The molecule has 0 aliphatic heterocycles. The average molecular weight is 268 g/mol. The van der Waals surface area contributed by atoms with Crippen LogP contribution in [0, 0.1) is 0 Å². The minimum atomic E-state index is 0.498. The molecule has 2 aromatic heterocycles. The molecule has 3 aromatic rings. The van der Waals surface area contributed by atoms with Gasteiger partial charge in [-0.1, -0.05) is 24.3 Å². The number of nitrogens with two attached hydrogens (primary N) is 1. The molecule has 0 bridgehead atoms. The van der Waals surface area contributed by atoms with Gasteiger partial charge < -0.3 is 10.5 Å². The molecule has 0 aliphatic rings. The lowest BCUT2D eigenvalue weighted by molar-refractivity contribution is 0.410. The zero-order chi connectivity index (χ0) is 13.9. The number of benzene rings is 1. The molecule has 0 aliphatic carbocycles. The van der Waals surface area contributed by atoms with Gasteiger partial charge in [0.1, 0.15) is 5.75 Å². The smallest absolute Gasteiger partial charge is 0.156 e. The third-order valence-corrected chi connectivity index (χ3v) is 3.21. The van der Waals surface area contributed by atoms with E-state index in [0.29, 0.717) is 13.0 Å². The van der Waals surface area contributed by atoms with E-state index >= 15 is 0 Å². The fourth-order valence-electron chi connectivity index (χ4n) is 2.19. The van der Waals surface area contributed by atoms with Crippen LogP contribution in [-0.2, 0) is 13.0 Å². The highest BCUT2D eigenvalue weighted by Crippen LogP contribution is 2.20. The Balaban J connectivity index is 1.94. The lowest BCUT2D eigenvalue weighted by Crippen LogP contribution is -1.99. The fourth-order valence-corrected chi connectivity index (χ4v) is 2.19. The number of ether oxygens (including phenoxy) is 1. The van der Waals surface area contributed by atoms with E-state index in [4.69, 9.17) is 10.5 Å². The van der Waals surface area contributed by atoms with Crippen molar-refractivity contribution in [3.05, 3.63) is 59.5 Å². The standard InChI is InChI=1S/C15H16N4O/c1-20-13-5-3-2-4-12(13)8-14-17-15-7-6-11(9-16)10-19(15)18-14/h2-7,10H,8-9,16H2,1H3. The third-order valence-electron chi connectivity index (χ3n) is 3.21. The van der Waals surface area contributed by atoms with Gasteiger partial charge >= 0.3 is 0 Å². The van der Waals surface area contributed by atoms with Gasteiger partial charge in [-0.3, -0.25) is 0 Å². The van der Waals surface area contributed by atoms with Gasteiger partial charge in [0.15, 0.2) is 11.5 Å². The Hall–Kier alpha value is -2.40. The van der Waals surface area contributed by atoms with Gasteiger partial charge in [0.05, 0.1) is 7.11 Å². The number of methoxy groups -OCH3 is 1. The Morgan fingerprint density at radius 1 is 1.20 bits per heavy atom. The maximum Gasteiger partial charge on any atom is 0.156 e. The Morgan fingerprint density at radius 2 is 2.05 bits per heavy atom. The molecule has 0 spiro atoms. The van der Waals surface area contributed by atoms with E-state index in [0.717, 1.165) is 28.3 Å². The summed E-state index contributed by atoms with van der Waals surface area (Å²) in [5.74, 6) is 1.62. The summed E-state index contributed by atoms with van der Waals surface area (Å²) in [7, 11) is 1.67. The maximum absolute atomic E-state index is 5.63. The van der Waals surface area contributed by atoms with Crippen molar-refractivity contribution in [3.8, 4) is 5.75 Å². The van der Waals surface area contributed by atoms with Crippen molar-refractivity contribution in [3.63, 3.8) is 0 Å². The second-order valence-corrected chi connectivity index (χ2v) is 4.56. The van der Waals surface area contributed by atoms with E-state index in [1.54, 1.807) is 11.6 Å². The van der Waals surface area contributed by atoms with Gasteiger partial charge in [-0.2, -0.15) is 5.10 Å². The van der Waals surface area contributed by atoms with Crippen LogP contribution in [0.4, 0.5) is 0 Å². The molecule has 5 heteroatoms. The number of fused-ring (bicyclic) bond motifs is 1. The Kier molecular flexibility index (Phi) is 3.35. The molecule has 1 aromatic carbocycles. The SMILES string of the molecule is COc1ccccc1Cc1nc2ccc(CN)cn2n1. The largest absolute Gasteiger partial charge is 0.496 e.